The number of hydrogen-bond acceptors (Lipinski definition) is 1. The van der Waals surface area contributed by atoms with Crippen LogP contribution in [0, 0.1) is 6.92 Å². The quantitative estimate of drug-likeness (QED) is 0.750. The van der Waals surface area contributed by atoms with Crippen LogP contribution in [0.4, 0.5) is 0 Å². The number of fused-ring (bicyclic) bond motifs is 5. The molecule has 1 heteroatoms. The number of aliphatic hydroxyl groups excluding tert-OH is 1. The highest BCUT2D eigenvalue weighted by Crippen LogP contribution is 2.53. The maximum atomic E-state index is 10.0. The first kappa shape index (κ1) is 12.8. The highest BCUT2D eigenvalue weighted by molar-refractivity contribution is 6.05. The van der Waals surface area contributed by atoms with Gasteiger partial charge in [-0.3, -0.25) is 0 Å². The van der Waals surface area contributed by atoms with Crippen molar-refractivity contribution in [2.45, 2.75) is 38.7 Å². The van der Waals surface area contributed by atoms with Crippen LogP contribution in [0.5, 0.6) is 0 Å². The molecule has 1 nitrogen and oxygen atoms in total. The van der Waals surface area contributed by atoms with Gasteiger partial charge >= 0.3 is 0 Å². The third kappa shape index (κ3) is 1.61. The number of benzene rings is 2. The van der Waals surface area contributed by atoms with Crippen molar-refractivity contribution < 1.29 is 5.11 Å². The van der Waals surface area contributed by atoms with E-state index in [9.17, 15) is 5.11 Å². The van der Waals surface area contributed by atoms with Crippen LogP contribution < -0.4 is 0 Å². The van der Waals surface area contributed by atoms with Gasteiger partial charge in [-0.1, -0.05) is 56.3 Å². The first-order chi connectivity index (χ1) is 10.00. The molecule has 0 aromatic heterocycles. The lowest BCUT2D eigenvalue weighted by Crippen LogP contribution is -2.19. The van der Waals surface area contributed by atoms with Crippen molar-refractivity contribution in [3.8, 4) is 0 Å². The summed E-state index contributed by atoms with van der Waals surface area (Å²) in [5.41, 5.74) is 6.68. The van der Waals surface area contributed by atoms with E-state index in [0.717, 1.165) is 6.42 Å². The fourth-order valence-corrected chi connectivity index (χ4v) is 3.97. The van der Waals surface area contributed by atoms with E-state index in [1.807, 2.05) is 0 Å². The van der Waals surface area contributed by atoms with E-state index in [1.165, 1.54) is 38.6 Å². The van der Waals surface area contributed by atoms with Crippen molar-refractivity contribution in [1.82, 2.24) is 0 Å². The zero-order valence-corrected chi connectivity index (χ0v) is 12.8. The van der Waals surface area contributed by atoms with Gasteiger partial charge in [0.05, 0.1) is 6.10 Å². The summed E-state index contributed by atoms with van der Waals surface area (Å²) in [6, 6.07) is 11.0. The molecule has 2 aliphatic rings. The zero-order valence-electron chi connectivity index (χ0n) is 12.8. The van der Waals surface area contributed by atoms with Gasteiger partial charge in [-0.2, -0.15) is 0 Å². The Labute approximate surface area is 125 Å². The van der Waals surface area contributed by atoms with Crippen LogP contribution in [0.2, 0.25) is 0 Å². The lowest BCUT2D eigenvalue weighted by Gasteiger charge is -2.25. The number of aliphatic hydroxyl groups is 1. The Balaban J connectivity index is 2.15. The van der Waals surface area contributed by atoms with Crippen molar-refractivity contribution in [1.29, 1.82) is 0 Å². The standard InChI is InChI=1S/C20H20O/c1-12-10-18-19(15-7-5-4-6-14(12)15)16-9-8-13(21)11-17(16)20(18,2)3/h4-7,9-11,13,21H,8H2,1-3H3. The molecule has 21 heavy (non-hydrogen) atoms. The lowest BCUT2D eigenvalue weighted by atomic mass is 9.79. The molecule has 0 radical (unpaired) electrons. The third-order valence-corrected chi connectivity index (χ3v) is 5.08. The second-order valence-corrected chi connectivity index (χ2v) is 6.79. The Bertz CT molecular complexity index is 821. The van der Waals surface area contributed by atoms with Crippen LogP contribution in [0.25, 0.3) is 16.3 Å². The Kier molecular flexibility index (Phi) is 2.50. The molecule has 0 saturated carbocycles. The van der Waals surface area contributed by atoms with Crippen LogP contribution in [0.1, 0.15) is 37.0 Å². The van der Waals surface area contributed by atoms with Gasteiger partial charge < -0.3 is 5.11 Å². The summed E-state index contributed by atoms with van der Waals surface area (Å²) in [6.07, 6.45) is 4.65. The third-order valence-electron chi connectivity index (χ3n) is 5.08. The molecule has 2 aromatic rings. The normalized spacial score (nSPS) is 22.6. The molecule has 0 spiro atoms. The maximum absolute atomic E-state index is 10.0. The Morgan fingerprint density at radius 2 is 1.86 bits per heavy atom. The zero-order chi connectivity index (χ0) is 14.8. The van der Waals surface area contributed by atoms with Crippen molar-refractivity contribution in [2.75, 3.05) is 0 Å². The number of allylic oxidation sites excluding steroid dienone is 2. The predicted molar refractivity (Wildman–Crippen MR) is 88.4 cm³/mol. The van der Waals surface area contributed by atoms with Gasteiger partial charge in [0.25, 0.3) is 0 Å². The molecule has 0 amide bonds. The van der Waals surface area contributed by atoms with Crippen molar-refractivity contribution in [3.05, 3.63) is 64.7 Å². The minimum absolute atomic E-state index is 0.0304. The van der Waals surface area contributed by atoms with Gasteiger partial charge in [-0.05, 0) is 52.0 Å². The van der Waals surface area contributed by atoms with Gasteiger partial charge in [0.2, 0.25) is 0 Å². The van der Waals surface area contributed by atoms with Gasteiger partial charge in [0.1, 0.15) is 0 Å². The minimum atomic E-state index is -0.343. The molecule has 4 rings (SSSR count). The second-order valence-electron chi connectivity index (χ2n) is 6.79. The summed E-state index contributed by atoms with van der Waals surface area (Å²) in [4.78, 5) is 0. The first-order valence-electron chi connectivity index (χ1n) is 7.64. The molecule has 0 aliphatic heterocycles. The molecule has 2 aromatic carbocycles. The molecular weight excluding hydrogens is 256 g/mol. The SMILES string of the molecule is Cc1cc2c(c3ccccc13)C1=CCC(O)C=C1C2(C)C. The van der Waals surface area contributed by atoms with Crippen LogP contribution >= 0.6 is 0 Å². The van der Waals surface area contributed by atoms with Crippen LogP contribution in [-0.2, 0) is 5.41 Å². The van der Waals surface area contributed by atoms with Crippen LogP contribution in [-0.4, -0.2) is 11.2 Å². The van der Waals surface area contributed by atoms with E-state index >= 15 is 0 Å². The Hall–Kier alpha value is -1.86. The summed E-state index contributed by atoms with van der Waals surface area (Å²) < 4.78 is 0. The van der Waals surface area contributed by atoms with E-state index in [1.54, 1.807) is 0 Å². The molecule has 1 atom stereocenters. The van der Waals surface area contributed by atoms with Gasteiger partial charge in [-0.25, -0.2) is 0 Å². The fraction of sp³-hybridized carbons (Fsp3) is 0.300. The van der Waals surface area contributed by atoms with E-state index in [2.05, 4.69) is 63.3 Å². The Morgan fingerprint density at radius 1 is 1.14 bits per heavy atom. The second kappa shape index (κ2) is 4.08. The van der Waals surface area contributed by atoms with E-state index < -0.39 is 0 Å². The average molecular weight is 276 g/mol. The smallest absolute Gasteiger partial charge is 0.0761 e. The van der Waals surface area contributed by atoms with E-state index in [4.69, 9.17) is 0 Å². The highest BCUT2D eigenvalue weighted by Gasteiger charge is 2.40. The van der Waals surface area contributed by atoms with Gasteiger partial charge in [0, 0.05) is 5.41 Å². The van der Waals surface area contributed by atoms with Crippen molar-refractivity contribution in [3.63, 3.8) is 0 Å². The summed E-state index contributed by atoms with van der Waals surface area (Å²) in [6.45, 7) is 6.73. The molecular formula is C20H20O. The average Bonchev–Trinajstić information content (AvgIpc) is 2.68. The fourth-order valence-electron chi connectivity index (χ4n) is 3.97. The summed E-state index contributed by atoms with van der Waals surface area (Å²) in [5.74, 6) is 0. The summed E-state index contributed by atoms with van der Waals surface area (Å²) in [5, 5.41) is 12.7. The minimum Gasteiger partial charge on any atom is -0.389 e. The van der Waals surface area contributed by atoms with Gasteiger partial charge in [0.15, 0.2) is 0 Å². The monoisotopic (exact) mass is 276 g/mol. The molecule has 0 heterocycles. The summed E-state index contributed by atoms with van der Waals surface area (Å²) >= 11 is 0. The van der Waals surface area contributed by atoms with Crippen LogP contribution in [0.15, 0.2) is 48.1 Å². The largest absolute Gasteiger partial charge is 0.389 e. The first-order valence-corrected chi connectivity index (χ1v) is 7.64. The van der Waals surface area contributed by atoms with Crippen molar-refractivity contribution >= 4 is 16.3 Å². The van der Waals surface area contributed by atoms with E-state index in [0.29, 0.717) is 0 Å². The molecule has 1 N–H and O–H groups in total. The molecule has 0 saturated heterocycles. The van der Waals surface area contributed by atoms with E-state index in [-0.39, 0.29) is 11.5 Å². The number of aryl methyl sites for hydroxylation is 1. The summed E-state index contributed by atoms with van der Waals surface area (Å²) in [7, 11) is 0. The maximum Gasteiger partial charge on any atom is 0.0761 e. The molecule has 0 fully saturated rings. The highest BCUT2D eigenvalue weighted by atomic mass is 16.3. The van der Waals surface area contributed by atoms with Gasteiger partial charge in [-0.15, -0.1) is 0 Å². The number of rotatable bonds is 0. The molecule has 1 unspecified atom stereocenters. The predicted octanol–water partition coefficient (Wildman–Crippen LogP) is 4.51. The van der Waals surface area contributed by atoms with Crippen LogP contribution in [0.3, 0.4) is 0 Å². The number of hydrogen-bond donors (Lipinski definition) is 1. The van der Waals surface area contributed by atoms with Crippen molar-refractivity contribution in [2.24, 2.45) is 0 Å². The lowest BCUT2D eigenvalue weighted by molar-refractivity contribution is 0.224. The topological polar surface area (TPSA) is 20.2 Å². The molecule has 0 bridgehead atoms. The Morgan fingerprint density at radius 3 is 2.62 bits per heavy atom. The molecule has 2 aliphatic carbocycles. The molecule has 106 valence electrons.